The van der Waals surface area contributed by atoms with Crippen molar-refractivity contribution in [3.8, 4) is 5.75 Å². The number of carbonyl (C=O) groups excluding carboxylic acids is 2. The molecule has 66 heavy (non-hydrogen) atoms. The second-order valence-electron chi connectivity index (χ2n) is 15.4. The third kappa shape index (κ3) is 25.3. The van der Waals surface area contributed by atoms with Gasteiger partial charge in [0.2, 0.25) is 11.8 Å². The topological polar surface area (TPSA) is 373 Å². The number of allylic oxidation sites excluding steroid dienone is 2. The summed E-state index contributed by atoms with van der Waals surface area (Å²) in [4.78, 5) is 37.8. The van der Waals surface area contributed by atoms with Crippen molar-refractivity contribution in [3.05, 3.63) is 64.8 Å². The Kier molecular flexibility index (Phi) is 25.6. The van der Waals surface area contributed by atoms with Crippen molar-refractivity contribution in [1.29, 1.82) is 0 Å². The van der Waals surface area contributed by atoms with Crippen molar-refractivity contribution in [2.45, 2.75) is 110 Å². The predicted octanol–water partition coefficient (Wildman–Crippen LogP) is 0.967. The lowest BCUT2D eigenvalue weighted by Gasteiger charge is -2.32. The van der Waals surface area contributed by atoms with Crippen LogP contribution < -0.4 is 36.9 Å². The summed E-state index contributed by atoms with van der Waals surface area (Å²) in [6, 6.07) is -0.595. The van der Waals surface area contributed by atoms with Gasteiger partial charge in [-0.15, -0.1) is 0 Å². The lowest BCUT2D eigenvalue weighted by Crippen LogP contribution is -2.55. The summed E-state index contributed by atoms with van der Waals surface area (Å²) in [6.45, 7) is 12.7. The van der Waals surface area contributed by atoms with Gasteiger partial charge in [-0.05, 0) is 97.9 Å². The number of nitrogens with zero attached hydrogens (tertiary/aromatic N) is 3. The van der Waals surface area contributed by atoms with Gasteiger partial charge in [0.15, 0.2) is 17.7 Å². The first kappa shape index (κ1) is 59.3. The molecule has 376 valence electrons. The molecule has 0 heterocycles. The smallest absolute Gasteiger partial charge is 0.389 e. The maximum Gasteiger partial charge on any atom is 0.446 e. The van der Waals surface area contributed by atoms with Crippen LogP contribution in [0.5, 0.6) is 5.75 Å². The van der Waals surface area contributed by atoms with Crippen molar-refractivity contribution in [2.75, 3.05) is 40.3 Å². The van der Waals surface area contributed by atoms with E-state index in [9.17, 15) is 49.1 Å². The average Bonchev–Trinajstić information content (AvgIpc) is 3.19. The Hall–Kier alpha value is -4.71. The summed E-state index contributed by atoms with van der Waals surface area (Å²) in [5, 5.41) is 21.5. The Labute approximate surface area is 388 Å². The van der Waals surface area contributed by atoms with Gasteiger partial charge in [0.05, 0.1) is 37.9 Å². The van der Waals surface area contributed by atoms with Gasteiger partial charge in [-0.3, -0.25) is 23.2 Å². The van der Waals surface area contributed by atoms with Crippen LogP contribution in [-0.4, -0.2) is 137 Å². The van der Waals surface area contributed by atoms with Gasteiger partial charge in [-0.2, -0.15) is 25.3 Å². The molecule has 12 N–H and O–H groups in total. The molecule has 0 aliphatic carbocycles. The zero-order valence-electron chi connectivity index (χ0n) is 38.3. The molecule has 1 rings (SSSR count). The Morgan fingerprint density at radius 1 is 0.879 bits per heavy atom. The monoisotopic (exact) mass is 997 g/mol. The number of nitrogens with two attached hydrogens (primary N) is 2. The molecule has 1 aromatic rings. The van der Waals surface area contributed by atoms with E-state index < -0.39 is 91.3 Å². The van der Waals surface area contributed by atoms with Crippen LogP contribution in [0.15, 0.2) is 63.6 Å². The van der Waals surface area contributed by atoms with Crippen molar-refractivity contribution in [2.24, 2.45) is 21.5 Å². The van der Waals surface area contributed by atoms with Crippen molar-refractivity contribution >= 4 is 54.9 Å². The van der Waals surface area contributed by atoms with Gasteiger partial charge >= 0.3 is 31.2 Å². The number of likely N-dealkylation sites (N-methyl/N-ethyl adjacent to an activating group) is 2. The molecule has 0 aliphatic rings. The SMILES string of the molecule is C=C(C)[C@H](O)CCC(C)=CCN=C(N)NCCC[C@H](NC)C(=O)N(C)[C@@H](CCCNC(N)=NCC=C(C)C)C(=O)N[C@H](C)[C@H](OS(=O)(=O)O)c1ccc(OS(=O)(=O)O)c(COS(=O)(=O)O)c1. The van der Waals surface area contributed by atoms with E-state index in [0.29, 0.717) is 50.9 Å². The van der Waals surface area contributed by atoms with Crippen LogP contribution in [0.1, 0.15) is 90.4 Å². The number of aliphatic imine (C=N–C) groups is 2. The molecule has 0 radical (unpaired) electrons. The first-order valence-electron chi connectivity index (χ1n) is 20.5. The number of rotatable bonds is 30. The number of benzene rings is 1. The van der Waals surface area contributed by atoms with Crippen LogP contribution in [-0.2, 0) is 55.8 Å². The molecule has 0 fully saturated rings. The minimum Gasteiger partial charge on any atom is -0.389 e. The van der Waals surface area contributed by atoms with E-state index in [2.05, 4.69) is 46.2 Å². The second-order valence-corrected chi connectivity index (χ2v) is 18.6. The summed E-state index contributed by atoms with van der Waals surface area (Å²) in [5.41, 5.74) is 14.1. The van der Waals surface area contributed by atoms with E-state index in [1.54, 1.807) is 14.0 Å². The molecule has 2 amide bonds. The third-order valence-electron chi connectivity index (χ3n) is 9.56. The van der Waals surface area contributed by atoms with E-state index in [0.717, 1.165) is 29.3 Å². The molecule has 1 aromatic carbocycles. The van der Waals surface area contributed by atoms with E-state index in [-0.39, 0.29) is 36.9 Å². The fourth-order valence-electron chi connectivity index (χ4n) is 5.95. The van der Waals surface area contributed by atoms with Crippen LogP contribution in [0.4, 0.5) is 0 Å². The number of guanidine groups is 2. The van der Waals surface area contributed by atoms with Gasteiger partial charge in [-0.25, -0.2) is 18.4 Å². The molecule has 0 aliphatic heterocycles. The summed E-state index contributed by atoms with van der Waals surface area (Å²) in [7, 11) is -12.6. The summed E-state index contributed by atoms with van der Waals surface area (Å²) < 4.78 is 111. The number of amides is 2. The molecule has 0 spiro atoms. The molecule has 0 unspecified atom stereocenters. The van der Waals surface area contributed by atoms with Gasteiger partial charge in [0, 0.05) is 25.7 Å². The highest BCUT2D eigenvalue weighted by Gasteiger charge is 2.34. The zero-order valence-corrected chi connectivity index (χ0v) is 40.7. The Morgan fingerprint density at radius 3 is 1.97 bits per heavy atom. The Balaban J connectivity index is 3.36. The number of aliphatic hydroxyl groups is 1. The number of hydrogen-bond acceptors (Lipinski definition) is 15. The van der Waals surface area contributed by atoms with Crippen LogP contribution in [0.25, 0.3) is 0 Å². The molecule has 0 bridgehead atoms. The van der Waals surface area contributed by atoms with Crippen LogP contribution in [0, 0.1) is 0 Å². The molecule has 0 saturated carbocycles. The largest absolute Gasteiger partial charge is 0.446 e. The highest BCUT2D eigenvalue weighted by atomic mass is 32.3. The van der Waals surface area contributed by atoms with E-state index in [1.165, 1.54) is 18.9 Å². The lowest BCUT2D eigenvalue weighted by molar-refractivity contribution is -0.141. The highest BCUT2D eigenvalue weighted by Crippen LogP contribution is 2.30. The highest BCUT2D eigenvalue weighted by molar-refractivity contribution is 7.81. The van der Waals surface area contributed by atoms with E-state index in [1.807, 2.05) is 32.9 Å². The number of carbonyl (C=O) groups is 2. The number of aliphatic hydroxyl groups excluding tert-OH is 1. The normalized spacial score (nSPS) is 15.2. The molecule has 5 atom stereocenters. The van der Waals surface area contributed by atoms with Gasteiger partial charge in [0.1, 0.15) is 12.1 Å². The molecular weight excluding hydrogens is 931 g/mol. The van der Waals surface area contributed by atoms with Crippen LogP contribution in [0.2, 0.25) is 0 Å². The fraction of sp³-hybridized carbons (Fsp3) is 0.590. The number of hydrogen-bond donors (Lipinski definition) is 10. The van der Waals surface area contributed by atoms with Crippen LogP contribution in [0.3, 0.4) is 0 Å². The molecule has 0 aromatic heterocycles. The quantitative estimate of drug-likeness (QED) is 0.0169. The van der Waals surface area contributed by atoms with E-state index in [4.69, 9.17) is 20.2 Å². The number of nitrogens with one attached hydrogen (secondary N) is 4. The minimum absolute atomic E-state index is 0.0328. The minimum atomic E-state index is -5.30. The zero-order chi connectivity index (χ0) is 50.4. The standard InChI is InChI=1S/C39H67N9O15S3/c1-25(2)17-21-45-38(40)44-20-10-12-32(48(8)37(51)31(42-7)11-9-19-43-39(41)46-22-18-27(5)13-15-33(49)26(3)4)36(50)47-28(6)35(63-66(58,59)60)29-14-16-34(62-65(55,56)57)30(23-29)24-61-64(52,53)54/h14,16-18,23,28,31-33,35,42,49H,3,9-13,15,19-22,24H2,1-2,4-8H3,(H,47,50)(H3,40,44,45)(H3,41,43,46)(H,52,53,54)(H,55,56,57)(H,58,59,60)/t28-,31+,32+,33-,35+/m1/s1. The first-order chi connectivity index (χ1) is 30.5. The predicted molar refractivity (Wildman–Crippen MR) is 248 cm³/mol. The molecular formula is C39H67N9O15S3. The van der Waals surface area contributed by atoms with Gasteiger partial charge in [-0.1, -0.05) is 41.5 Å². The molecule has 27 heteroatoms. The average molecular weight is 998 g/mol. The fourth-order valence-corrected chi connectivity index (χ4v) is 7.16. The Bertz CT molecular complexity index is 2230. The lowest BCUT2D eigenvalue weighted by atomic mass is 9.99. The Morgan fingerprint density at radius 2 is 1.45 bits per heavy atom. The van der Waals surface area contributed by atoms with Gasteiger partial charge < -0.3 is 46.9 Å². The summed E-state index contributed by atoms with van der Waals surface area (Å²) in [6.07, 6.45) is 3.61. The third-order valence-corrected chi connectivity index (χ3v) is 10.8. The van der Waals surface area contributed by atoms with Crippen molar-refractivity contribution in [1.82, 2.24) is 26.2 Å². The first-order valence-corrected chi connectivity index (χ1v) is 24.6. The van der Waals surface area contributed by atoms with Crippen molar-refractivity contribution < 1.29 is 66.2 Å². The van der Waals surface area contributed by atoms with E-state index >= 15 is 0 Å². The summed E-state index contributed by atoms with van der Waals surface area (Å²) in [5.74, 6) is -1.66. The van der Waals surface area contributed by atoms with Crippen LogP contribution >= 0.6 is 0 Å². The maximum atomic E-state index is 14.1. The second kappa shape index (κ2) is 28.5. The van der Waals surface area contributed by atoms with Gasteiger partial charge in [0.25, 0.3) is 0 Å². The maximum absolute atomic E-state index is 14.1. The molecule has 24 nitrogen and oxygen atoms in total. The summed E-state index contributed by atoms with van der Waals surface area (Å²) >= 11 is 0. The molecule has 0 saturated heterocycles. The van der Waals surface area contributed by atoms with Crippen molar-refractivity contribution in [3.63, 3.8) is 0 Å².